The van der Waals surface area contributed by atoms with Gasteiger partial charge < -0.3 is 0 Å². The third-order valence-electron chi connectivity index (χ3n) is 7.90. The van der Waals surface area contributed by atoms with Gasteiger partial charge in [0.05, 0.1) is 0 Å². The second kappa shape index (κ2) is 30.0. The second-order valence-corrected chi connectivity index (χ2v) is 11.4. The quantitative estimate of drug-likeness (QED) is 0.0965. The molecule has 0 saturated carbocycles. The van der Waals surface area contributed by atoms with E-state index in [1.165, 1.54) is 186 Å². The van der Waals surface area contributed by atoms with E-state index in [0.29, 0.717) is 0 Å². The maximum Gasteiger partial charge on any atom is -0.0414 e. The molecule has 1 unspecified atom stereocenters. The summed E-state index contributed by atoms with van der Waals surface area (Å²) < 4.78 is 0. The molecular formula is C33H68. The maximum atomic E-state index is 2.35. The average molecular weight is 465 g/mol. The number of hydrogen-bond donors (Lipinski definition) is 0. The Balaban J connectivity index is 3.57. The summed E-state index contributed by atoms with van der Waals surface area (Å²) in [5.41, 5.74) is 0. The summed E-state index contributed by atoms with van der Waals surface area (Å²) in [6, 6.07) is 0. The van der Waals surface area contributed by atoms with Crippen LogP contribution in [-0.4, -0.2) is 0 Å². The van der Waals surface area contributed by atoms with E-state index in [9.17, 15) is 0 Å². The van der Waals surface area contributed by atoms with Crippen molar-refractivity contribution < 1.29 is 0 Å². The van der Waals surface area contributed by atoms with Crippen LogP contribution in [0.5, 0.6) is 0 Å². The Hall–Kier alpha value is 0. The summed E-state index contributed by atoms with van der Waals surface area (Å²) in [7, 11) is 0. The van der Waals surface area contributed by atoms with E-state index in [-0.39, 0.29) is 0 Å². The predicted molar refractivity (Wildman–Crippen MR) is 154 cm³/mol. The zero-order chi connectivity index (χ0) is 24.1. The van der Waals surface area contributed by atoms with Crippen LogP contribution in [0.15, 0.2) is 0 Å². The lowest BCUT2D eigenvalue weighted by atomic mass is 9.89. The molecule has 0 saturated heterocycles. The minimum Gasteiger partial charge on any atom is -0.0654 e. The van der Waals surface area contributed by atoms with Crippen LogP contribution in [0.1, 0.15) is 207 Å². The van der Waals surface area contributed by atoms with Gasteiger partial charge in [0.1, 0.15) is 0 Å². The molecule has 1 atom stereocenters. The van der Waals surface area contributed by atoms with Crippen molar-refractivity contribution in [3.63, 3.8) is 0 Å². The highest BCUT2D eigenvalue weighted by Crippen LogP contribution is 2.24. The molecule has 0 aromatic carbocycles. The predicted octanol–water partition coefficient (Wildman–Crippen LogP) is 13.0. The Morgan fingerprint density at radius 2 is 0.424 bits per heavy atom. The summed E-state index contributed by atoms with van der Waals surface area (Å²) in [5.74, 6) is 1.04. The monoisotopic (exact) mass is 465 g/mol. The Morgan fingerprint density at radius 3 is 0.697 bits per heavy atom. The number of rotatable bonds is 29. The SMILES string of the molecule is CCCCCCCCCCCCCCCC(CCCCC)CCCCCCCCCCCC. The van der Waals surface area contributed by atoms with E-state index in [2.05, 4.69) is 20.8 Å². The van der Waals surface area contributed by atoms with Gasteiger partial charge in [0.25, 0.3) is 0 Å². The van der Waals surface area contributed by atoms with E-state index in [1.807, 2.05) is 0 Å². The molecule has 0 aliphatic carbocycles. The lowest BCUT2D eigenvalue weighted by Gasteiger charge is -2.17. The van der Waals surface area contributed by atoms with Gasteiger partial charge in [-0.25, -0.2) is 0 Å². The molecule has 0 aromatic rings. The van der Waals surface area contributed by atoms with Gasteiger partial charge in [0.15, 0.2) is 0 Å². The van der Waals surface area contributed by atoms with Crippen LogP contribution < -0.4 is 0 Å². The number of unbranched alkanes of at least 4 members (excludes halogenated alkanes) is 23. The first-order chi connectivity index (χ1) is 16.3. The molecule has 0 aliphatic heterocycles. The smallest absolute Gasteiger partial charge is 0.0414 e. The minimum absolute atomic E-state index is 1.04. The van der Waals surface area contributed by atoms with Crippen LogP contribution in [0.25, 0.3) is 0 Å². The van der Waals surface area contributed by atoms with Gasteiger partial charge in [-0.3, -0.25) is 0 Å². The van der Waals surface area contributed by atoms with Crippen molar-refractivity contribution >= 4 is 0 Å². The Labute approximate surface area is 212 Å². The molecule has 0 fully saturated rings. The van der Waals surface area contributed by atoms with Crippen molar-refractivity contribution in [3.8, 4) is 0 Å². The summed E-state index contributed by atoms with van der Waals surface area (Å²) in [6.45, 7) is 6.98. The van der Waals surface area contributed by atoms with E-state index in [4.69, 9.17) is 0 Å². The molecular weight excluding hydrogens is 396 g/mol. The number of hydrogen-bond acceptors (Lipinski definition) is 0. The molecule has 0 aromatic heterocycles. The fraction of sp³-hybridized carbons (Fsp3) is 1.00. The van der Waals surface area contributed by atoms with Gasteiger partial charge in [-0.2, -0.15) is 0 Å². The fourth-order valence-electron chi connectivity index (χ4n) is 5.49. The van der Waals surface area contributed by atoms with Crippen LogP contribution >= 0.6 is 0 Å². The first kappa shape index (κ1) is 33.0. The molecule has 0 amide bonds. The summed E-state index contributed by atoms with van der Waals surface area (Å²) in [4.78, 5) is 0. The van der Waals surface area contributed by atoms with Crippen LogP contribution in [0.4, 0.5) is 0 Å². The van der Waals surface area contributed by atoms with Crippen LogP contribution in [-0.2, 0) is 0 Å². The summed E-state index contributed by atoms with van der Waals surface area (Å²) >= 11 is 0. The van der Waals surface area contributed by atoms with Crippen LogP contribution in [0.2, 0.25) is 0 Å². The first-order valence-corrected chi connectivity index (χ1v) is 16.3. The maximum absolute atomic E-state index is 2.35. The van der Waals surface area contributed by atoms with Crippen molar-refractivity contribution in [2.45, 2.75) is 207 Å². The zero-order valence-corrected chi connectivity index (χ0v) is 24.1. The minimum atomic E-state index is 1.04. The van der Waals surface area contributed by atoms with Crippen LogP contribution in [0, 0.1) is 5.92 Å². The summed E-state index contributed by atoms with van der Waals surface area (Å²) in [6.07, 6.45) is 42.8. The molecule has 0 aliphatic rings. The zero-order valence-electron chi connectivity index (χ0n) is 24.1. The third kappa shape index (κ3) is 28.1. The lowest BCUT2D eigenvalue weighted by molar-refractivity contribution is 0.367. The molecule has 200 valence electrons. The summed E-state index contributed by atoms with van der Waals surface area (Å²) in [5, 5.41) is 0. The standard InChI is InChI=1S/C33H68/c1-4-7-10-12-14-16-18-19-20-22-24-26-29-32-33(30-27-9-6-3)31-28-25-23-21-17-15-13-11-8-5-2/h33H,4-32H2,1-3H3. The second-order valence-electron chi connectivity index (χ2n) is 11.4. The topological polar surface area (TPSA) is 0 Å². The highest BCUT2D eigenvalue weighted by atomic mass is 14.1. The van der Waals surface area contributed by atoms with E-state index < -0.39 is 0 Å². The molecule has 0 radical (unpaired) electrons. The highest BCUT2D eigenvalue weighted by molar-refractivity contribution is 4.62. The van der Waals surface area contributed by atoms with Gasteiger partial charge in [0.2, 0.25) is 0 Å². The van der Waals surface area contributed by atoms with Gasteiger partial charge >= 0.3 is 0 Å². The van der Waals surface area contributed by atoms with Crippen molar-refractivity contribution in [1.29, 1.82) is 0 Å². The molecule has 0 heteroatoms. The van der Waals surface area contributed by atoms with E-state index in [1.54, 1.807) is 0 Å². The Bertz CT molecular complexity index is 320. The molecule has 0 rings (SSSR count). The fourth-order valence-corrected chi connectivity index (χ4v) is 5.49. The molecule has 33 heavy (non-hydrogen) atoms. The van der Waals surface area contributed by atoms with E-state index in [0.717, 1.165) is 5.92 Å². The van der Waals surface area contributed by atoms with Crippen molar-refractivity contribution in [2.75, 3.05) is 0 Å². The Kier molecular flexibility index (Phi) is 30.0. The van der Waals surface area contributed by atoms with Crippen molar-refractivity contribution in [3.05, 3.63) is 0 Å². The highest BCUT2D eigenvalue weighted by Gasteiger charge is 2.08. The van der Waals surface area contributed by atoms with Gasteiger partial charge in [-0.05, 0) is 5.92 Å². The molecule has 0 bridgehead atoms. The Morgan fingerprint density at radius 1 is 0.242 bits per heavy atom. The van der Waals surface area contributed by atoms with Crippen molar-refractivity contribution in [1.82, 2.24) is 0 Å². The molecule has 0 heterocycles. The largest absolute Gasteiger partial charge is 0.0654 e. The lowest BCUT2D eigenvalue weighted by Crippen LogP contribution is -2.01. The molecule has 0 nitrogen and oxygen atoms in total. The van der Waals surface area contributed by atoms with E-state index >= 15 is 0 Å². The average Bonchev–Trinajstić information content (AvgIpc) is 2.82. The first-order valence-electron chi connectivity index (χ1n) is 16.3. The third-order valence-corrected chi connectivity index (χ3v) is 7.90. The van der Waals surface area contributed by atoms with Gasteiger partial charge in [-0.15, -0.1) is 0 Å². The van der Waals surface area contributed by atoms with Crippen LogP contribution in [0.3, 0.4) is 0 Å². The molecule has 0 N–H and O–H groups in total. The van der Waals surface area contributed by atoms with Crippen molar-refractivity contribution in [2.24, 2.45) is 5.92 Å². The van der Waals surface area contributed by atoms with Gasteiger partial charge in [0, 0.05) is 0 Å². The normalized spacial score (nSPS) is 12.5. The molecule has 0 spiro atoms. The van der Waals surface area contributed by atoms with Gasteiger partial charge in [-0.1, -0.05) is 207 Å².